The average molecular weight is 508 g/mol. The summed E-state index contributed by atoms with van der Waals surface area (Å²) in [5.41, 5.74) is 4.66. The van der Waals surface area contributed by atoms with Gasteiger partial charge in [0.2, 0.25) is 0 Å². The van der Waals surface area contributed by atoms with Crippen molar-refractivity contribution in [3.63, 3.8) is 0 Å². The molecule has 3 aromatic rings. The van der Waals surface area contributed by atoms with Gasteiger partial charge in [0.05, 0.1) is 0 Å². The summed E-state index contributed by atoms with van der Waals surface area (Å²) >= 11 is 6.71. The first-order valence-corrected chi connectivity index (χ1v) is 13.0. The van der Waals surface area contributed by atoms with Crippen LogP contribution in [0.3, 0.4) is 0 Å². The summed E-state index contributed by atoms with van der Waals surface area (Å²) in [6.07, 6.45) is 10.4. The van der Waals surface area contributed by atoms with Crippen LogP contribution in [-0.4, -0.2) is 36.3 Å². The number of aromatic nitrogens is 5. The van der Waals surface area contributed by atoms with Crippen molar-refractivity contribution in [3.05, 3.63) is 80.0 Å². The number of allylic oxidation sites excluding steroid dienone is 1. The smallest absolute Gasteiger partial charge is 0.330 e. The molecular weight excluding hydrogens is 478 g/mol. The lowest BCUT2D eigenvalue weighted by molar-refractivity contribution is -0.141. The number of H-pyrrole nitrogens is 1. The first-order valence-electron chi connectivity index (χ1n) is 12.6. The molecule has 0 bridgehead atoms. The van der Waals surface area contributed by atoms with E-state index in [1.807, 2.05) is 30.3 Å². The number of hydrogen-bond acceptors (Lipinski definition) is 5. The van der Waals surface area contributed by atoms with Crippen LogP contribution in [0.15, 0.2) is 41.2 Å². The molecule has 5 rings (SSSR count). The number of hydrogen-bond donors (Lipinski definition) is 2. The molecule has 2 fully saturated rings. The Morgan fingerprint density at radius 2 is 1.97 bits per heavy atom. The quantitative estimate of drug-likeness (QED) is 0.424. The highest BCUT2D eigenvalue weighted by Gasteiger charge is 2.26. The number of aromatic amines is 1. The van der Waals surface area contributed by atoms with Gasteiger partial charge in [-0.05, 0) is 79.3 Å². The van der Waals surface area contributed by atoms with Crippen molar-refractivity contribution >= 4 is 23.1 Å². The second kappa shape index (κ2) is 10.4. The van der Waals surface area contributed by atoms with Crippen LogP contribution >= 0.6 is 11.6 Å². The Labute approximate surface area is 214 Å². The number of carboxylic acid groups (broad SMARTS) is 1. The van der Waals surface area contributed by atoms with Gasteiger partial charge in [0.1, 0.15) is 0 Å². The lowest BCUT2D eigenvalue weighted by atomic mass is 9.94. The van der Waals surface area contributed by atoms with E-state index in [1.165, 1.54) is 19.8 Å². The van der Waals surface area contributed by atoms with Gasteiger partial charge in [0, 0.05) is 28.3 Å². The van der Waals surface area contributed by atoms with E-state index in [1.54, 1.807) is 0 Å². The third-order valence-corrected chi connectivity index (χ3v) is 7.56. The minimum Gasteiger partial charge on any atom is -0.480 e. The maximum Gasteiger partial charge on any atom is 0.330 e. The van der Waals surface area contributed by atoms with E-state index in [9.17, 15) is 9.59 Å². The van der Waals surface area contributed by atoms with Crippen molar-refractivity contribution in [1.82, 2.24) is 25.2 Å². The number of pyridine rings is 1. The molecule has 2 heterocycles. The Hall–Kier alpha value is -3.26. The van der Waals surface area contributed by atoms with Gasteiger partial charge < -0.3 is 10.1 Å². The summed E-state index contributed by atoms with van der Waals surface area (Å²) in [6, 6.07) is 9.15. The Balaban J connectivity index is 1.37. The van der Waals surface area contributed by atoms with Crippen LogP contribution < -0.4 is 5.56 Å². The summed E-state index contributed by atoms with van der Waals surface area (Å²) in [4.78, 5) is 28.1. The Morgan fingerprint density at radius 3 is 2.64 bits per heavy atom. The number of aliphatic carboxylic acids is 1. The second-order valence-electron chi connectivity index (χ2n) is 9.90. The minimum atomic E-state index is -1.01. The van der Waals surface area contributed by atoms with Gasteiger partial charge in [-0.15, -0.1) is 15.0 Å². The Kier molecular flexibility index (Phi) is 7.05. The molecule has 188 valence electrons. The van der Waals surface area contributed by atoms with Crippen LogP contribution in [0.5, 0.6) is 0 Å². The number of rotatable bonds is 9. The highest BCUT2D eigenvalue weighted by atomic mass is 35.5. The summed E-state index contributed by atoms with van der Waals surface area (Å²) in [7, 11) is 0. The van der Waals surface area contributed by atoms with Crippen molar-refractivity contribution in [3.8, 4) is 0 Å². The predicted molar refractivity (Wildman–Crippen MR) is 137 cm³/mol. The van der Waals surface area contributed by atoms with E-state index < -0.39 is 12.0 Å². The molecule has 2 aliphatic rings. The molecule has 36 heavy (non-hydrogen) atoms. The van der Waals surface area contributed by atoms with Crippen LogP contribution in [0.1, 0.15) is 85.6 Å². The molecule has 1 atom stereocenters. The van der Waals surface area contributed by atoms with Gasteiger partial charge in [0.15, 0.2) is 11.9 Å². The number of aryl methyl sites for hydroxylation is 2. The molecule has 0 radical (unpaired) electrons. The lowest BCUT2D eigenvalue weighted by Gasteiger charge is -2.14. The number of halogens is 1. The van der Waals surface area contributed by atoms with Crippen LogP contribution in [0, 0.1) is 5.92 Å². The van der Waals surface area contributed by atoms with Crippen molar-refractivity contribution in [2.24, 2.45) is 5.92 Å². The monoisotopic (exact) mass is 507 g/mol. The van der Waals surface area contributed by atoms with Gasteiger partial charge in [-0.1, -0.05) is 48.7 Å². The Bertz CT molecular complexity index is 1350. The third-order valence-electron chi connectivity index (χ3n) is 7.20. The van der Waals surface area contributed by atoms with E-state index in [2.05, 4.69) is 26.5 Å². The van der Waals surface area contributed by atoms with Gasteiger partial charge in [-0.2, -0.15) is 0 Å². The minimum absolute atomic E-state index is 0.00722. The van der Waals surface area contributed by atoms with E-state index >= 15 is 0 Å². The zero-order valence-corrected chi connectivity index (χ0v) is 21.0. The molecule has 9 heteroatoms. The maximum absolute atomic E-state index is 12.8. The number of tetrazole rings is 1. The van der Waals surface area contributed by atoms with Crippen molar-refractivity contribution < 1.29 is 9.90 Å². The van der Waals surface area contributed by atoms with Gasteiger partial charge in [-0.25, -0.2) is 4.79 Å². The van der Waals surface area contributed by atoms with Gasteiger partial charge in [0.25, 0.3) is 5.56 Å². The zero-order valence-electron chi connectivity index (χ0n) is 20.3. The van der Waals surface area contributed by atoms with Crippen LogP contribution in [-0.2, 0) is 17.6 Å². The fourth-order valence-electron chi connectivity index (χ4n) is 4.84. The number of carboxylic acids is 1. The SMILES string of the molecule is C[C@@H](C(=O)O)n1nnc(CCc2ccc(/C(=C\C3CCCC3)c3ccc(C4CC4)c(=O)[nH]3)cc2Cl)n1. The maximum atomic E-state index is 12.8. The first kappa shape index (κ1) is 24.4. The third kappa shape index (κ3) is 5.43. The highest BCUT2D eigenvalue weighted by molar-refractivity contribution is 6.31. The molecular formula is C27H30ClN5O3. The largest absolute Gasteiger partial charge is 0.480 e. The molecule has 1 aromatic carbocycles. The van der Waals surface area contributed by atoms with Crippen molar-refractivity contribution in [1.29, 1.82) is 0 Å². The molecule has 0 spiro atoms. The predicted octanol–water partition coefficient (Wildman–Crippen LogP) is 4.94. The molecule has 2 N–H and O–H groups in total. The molecule has 2 aliphatic carbocycles. The lowest BCUT2D eigenvalue weighted by Crippen LogP contribution is -2.18. The van der Waals surface area contributed by atoms with Gasteiger partial charge in [-0.3, -0.25) is 4.79 Å². The van der Waals surface area contributed by atoms with Crippen LogP contribution in [0.4, 0.5) is 0 Å². The highest BCUT2D eigenvalue weighted by Crippen LogP contribution is 2.39. The average Bonchev–Trinajstić information content (AvgIpc) is 3.36. The van der Waals surface area contributed by atoms with Crippen molar-refractivity contribution in [2.75, 3.05) is 0 Å². The standard InChI is InChI=1S/C27H30ClN5O3/c1-16(27(35)36)33-31-25(30-32-33)13-10-19-8-9-20(15-23(19)28)22(14-17-4-2-3-5-17)24-12-11-21(18-6-7-18)26(34)29-24/h8-9,11-12,14-18H,2-7,10,13H2,1H3,(H,29,34)(H,35,36)/b22-14+/t16-/m0/s1. The first-order chi connectivity index (χ1) is 17.4. The van der Waals surface area contributed by atoms with Gasteiger partial charge >= 0.3 is 5.97 Å². The molecule has 0 amide bonds. The van der Waals surface area contributed by atoms with Crippen LogP contribution in [0.2, 0.25) is 5.02 Å². The molecule has 8 nitrogen and oxygen atoms in total. The molecule has 0 unspecified atom stereocenters. The summed E-state index contributed by atoms with van der Waals surface area (Å²) in [5, 5.41) is 21.7. The number of nitrogens with zero attached hydrogens (tertiary/aromatic N) is 4. The molecule has 2 aromatic heterocycles. The van der Waals surface area contributed by atoms with Crippen LogP contribution in [0.25, 0.3) is 5.57 Å². The molecule has 0 aliphatic heterocycles. The summed E-state index contributed by atoms with van der Waals surface area (Å²) in [5.74, 6) is 0.357. The molecule has 2 saturated carbocycles. The number of nitrogens with one attached hydrogen (secondary N) is 1. The fraction of sp³-hybridized carbons (Fsp3) is 0.444. The van der Waals surface area contributed by atoms with E-state index in [0.29, 0.717) is 35.5 Å². The number of carbonyl (C=O) groups is 1. The van der Waals surface area contributed by atoms with E-state index in [4.69, 9.17) is 16.7 Å². The normalized spacial score (nSPS) is 17.4. The Morgan fingerprint density at radius 1 is 1.19 bits per heavy atom. The summed E-state index contributed by atoms with van der Waals surface area (Å²) in [6.45, 7) is 1.51. The number of benzene rings is 1. The second-order valence-corrected chi connectivity index (χ2v) is 10.3. The van der Waals surface area contributed by atoms with E-state index in [-0.39, 0.29) is 5.56 Å². The zero-order chi connectivity index (χ0) is 25.2. The molecule has 0 saturated heterocycles. The fourth-order valence-corrected chi connectivity index (χ4v) is 5.12. The summed E-state index contributed by atoms with van der Waals surface area (Å²) < 4.78 is 0. The van der Waals surface area contributed by atoms with Crippen molar-refractivity contribution in [2.45, 2.75) is 70.3 Å². The topological polar surface area (TPSA) is 114 Å². The van der Waals surface area contributed by atoms with E-state index in [0.717, 1.165) is 58.4 Å².